The van der Waals surface area contributed by atoms with E-state index in [1.165, 1.54) is 0 Å². The summed E-state index contributed by atoms with van der Waals surface area (Å²) in [6, 6.07) is 1.34. The van der Waals surface area contributed by atoms with Crippen LogP contribution in [-0.4, -0.2) is 16.0 Å². The van der Waals surface area contributed by atoms with Crippen molar-refractivity contribution in [2.45, 2.75) is 38.4 Å². The van der Waals surface area contributed by atoms with E-state index >= 15 is 0 Å². The van der Waals surface area contributed by atoms with E-state index in [1.54, 1.807) is 17.8 Å². The van der Waals surface area contributed by atoms with Crippen molar-refractivity contribution < 1.29 is 13.2 Å². The van der Waals surface area contributed by atoms with E-state index in [2.05, 4.69) is 5.10 Å². The van der Waals surface area contributed by atoms with Crippen LogP contribution in [0.3, 0.4) is 0 Å². The molecular formula is C11H13F3N2. The van der Waals surface area contributed by atoms with E-state index in [9.17, 15) is 13.2 Å². The number of aryl methyl sites for hydroxylation is 1. The van der Waals surface area contributed by atoms with E-state index in [1.807, 2.05) is 6.07 Å². The second kappa shape index (κ2) is 2.81. The molecule has 16 heavy (non-hydrogen) atoms. The summed E-state index contributed by atoms with van der Waals surface area (Å²) in [6.07, 6.45) is -0.966. The van der Waals surface area contributed by atoms with Gasteiger partial charge in [0.1, 0.15) is 0 Å². The van der Waals surface area contributed by atoms with Crippen molar-refractivity contribution in [3.63, 3.8) is 0 Å². The van der Waals surface area contributed by atoms with Gasteiger partial charge in [0.05, 0.1) is 11.5 Å². The second-order valence-corrected chi connectivity index (χ2v) is 4.96. The van der Waals surface area contributed by atoms with Crippen LogP contribution < -0.4 is 0 Å². The van der Waals surface area contributed by atoms with Crippen LogP contribution >= 0.6 is 0 Å². The topological polar surface area (TPSA) is 17.8 Å². The maximum absolute atomic E-state index is 13.2. The highest BCUT2D eigenvalue weighted by Gasteiger charge is 2.73. The summed E-state index contributed by atoms with van der Waals surface area (Å²) in [5.41, 5.74) is -0.572. The summed E-state index contributed by atoms with van der Waals surface area (Å²) < 4.78 is 41.1. The molecule has 0 aromatic carbocycles. The van der Waals surface area contributed by atoms with Crippen molar-refractivity contribution in [1.29, 1.82) is 0 Å². The first-order valence-corrected chi connectivity index (χ1v) is 5.56. The van der Waals surface area contributed by atoms with Crippen LogP contribution in [0.25, 0.3) is 0 Å². The molecule has 0 N–H and O–H groups in total. The monoisotopic (exact) mass is 230 g/mol. The molecule has 0 radical (unpaired) electrons. The minimum absolute atomic E-state index is 0.250. The molecule has 0 spiro atoms. The summed E-state index contributed by atoms with van der Waals surface area (Å²) in [5, 5.41) is 4.05. The number of aromatic nitrogens is 2. The highest BCUT2D eigenvalue weighted by molar-refractivity contribution is 5.17. The van der Waals surface area contributed by atoms with Gasteiger partial charge in [-0.1, -0.05) is 6.92 Å². The third-order valence-corrected chi connectivity index (χ3v) is 4.21. The fraction of sp³-hybridized carbons (Fsp3) is 0.727. The van der Waals surface area contributed by atoms with Gasteiger partial charge in [-0.2, -0.15) is 18.3 Å². The van der Waals surface area contributed by atoms with E-state index in [0.717, 1.165) is 12.1 Å². The van der Waals surface area contributed by atoms with E-state index in [-0.39, 0.29) is 12.3 Å². The number of fused-ring (bicyclic) bond motifs is 1. The average Bonchev–Trinajstić information content (AvgIpc) is 2.60. The fourth-order valence-corrected chi connectivity index (χ4v) is 3.20. The Balaban J connectivity index is 2.01. The molecule has 1 fully saturated rings. The SMILES string of the molecule is C[C@@H]1CC1([C@H]1CCc2ccnn21)C(F)(F)F. The number of hydrogen-bond acceptors (Lipinski definition) is 1. The molecule has 88 valence electrons. The number of hydrogen-bond donors (Lipinski definition) is 0. The summed E-state index contributed by atoms with van der Waals surface area (Å²) in [4.78, 5) is 0. The first-order chi connectivity index (χ1) is 7.47. The zero-order valence-electron chi connectivity index (χ0n) is 8.96. The van der Waals surface area contributed by atoms with Gasteiger partial charge in [0.15, 0.2) is 0 Å². The van der Waals surface area contributed by atoms with Gasteiger partial charge in [0, 0.05) is 11.9 Å². The van der Waals surface area contributed by atoms with E-state index < -0.39 is 17.6 Å². The summed E-state index contributed by atoms with van der Waals surface area (Å²) in [7, 11) is 0. The zero-order valence-corrected chi connectivity index (χ0v) is 8.96. The quantitative estimate of drug-likeness (QED) is 0.725. The van der Waals surface area contributed by atoms with Crippen LogP contribution in [0.4, 0.5) is 13.2 Å². The Morgan fingerprint density at radius 1 is 1.50 bits per heavy atom. The molecule has 5 heteroatoms. The predicted octanol–water partition coefficient (Wildman–Crippen LogP) is 2.96. The van der Waals surface area contributed by atoms with Crippen LogP contribution in [0.15, 0.2) is 12.3 Å². The lowest BCUT2D eigenvalue weighted by molar-refractivity contribution is -0.205. The first kappa shape index (κ1) is 10.2. The molecule has 1 aromatic rings. The second-order valence-electron chi connectivity index (χ2n) is 4.96. The van der Waals surface area contributed by atoms with Gasteiger partial charge in [0.25, 0.3) is 0 Å². The standard InChI is InChI=1S/C11H13F3N2/c1-7-6-10(7,11(12,13)14)9-3-2-8-4-5-15-16(8)9/h4-5,7,9H,2-3,6H2,1H3/t7-,9-,10?/m1/s1. The van der Waals surface area contributed by atoms with Crippen LogP contribution in [0.5, 0.6) is 0 Å². The molecule has 1 saturated carbocycles. The molecule has 1 aliphatic heterocycles. The molecular weight excluding hydrogens is 217 g/mol. The highest BCUT2D eigenvalue weighted by atomic mass is 19.4. The van der Waals surface area contributed by atoms with Gasteiger partial charge in [-0.25, -0.2) is 0 Å². The Kier molecular flexibility index (Phi) is 1.79. The van der Waals surface area contributed by atoms with Gasteiger partial charge in [-0.15, -0.1) is 0 Å². The molecule has 0 bridgehead atoms. The van der Waals surface area contributed by atoms with Gasteiger partial charge >= 0.3 is 6.18 Å². The van der Waals surface area contributed by atoms with Crippen molar-refractivity contribution in [1.82, 2.24) is 9.78 Å². The normalized spacial score (nSPS) is 37.5. The fourth-order valence-electron chi connectivity index (χ4n) is 3.20. The molecule has 3 rings (SSSR count). The summed E-state index contributed by atoms with van der Waals surface area (Å²) in [5.74, 6) is -0.271. The van der Waals surface area contributed by atoms with Crippen LogP contribution in [0.1, 0.15) is 31.5 Å². The smallest absolute Gasteiger partial charge is 0.266 e. The third-order valence-electron chi connectivity index (χ3n) is 4.21. The Bertz CT molecular complexity index is 423. The molecule has 2 aliphatic rings. The minimum atomic E-state index is -4.11. The van der Waals surface area contributed by atoms with E-state index in [0.29, 0.717) is 6.42 Å². The number of halogens is 3. The van der Waals surface area contributed by atoms with Crippen LogP contribution in [0, 0.1) is 11.3 Å². The lowest BCUT2D eigenvalue weighted by Crippen LogP contribution is -2.34. The summed E-state index contributed by atoms with van der Waals surface area (Å²) in [6.45, 7) is 1.69. The largest absolute Gasteiger partial charge is 0.396 e. The first-order valence-electron chi connectivity index (χ1n) is 5.56. The minimum Gasteiger partial charge on any atom is -0.266 e. The molecule has 0 amide bonds. The Morgan fingerprint density at radius 2 is 2.19 bits per heavy atom. The van der Waals surface area contributed by atoms with E-state index in [4.69, 9.17) is 0 Å². The molecule has 3 atom stereocenters. The lowest BCUT2D eigenvalue weighted by atomic mass is 9.91. The molecule has 2 nitrogen and oxygen atoms in total. The molecule has 1 aliphatic carbocycles. The predicted molar refractivity (Wildman–Crippen MR) is 51.9 cm³/mol. The van der Waals surface area contributed by atoms with Gasteiger partial charge in [-0.05, 0) is 31.2 Å². The Morgan fingerprint density at radius 3 is 2.75 bits per heavy atom. The number of rotatable bonds is 1. The van der Waals surface area contributed by atoms with Crippen LogP contribution in [-0.2, 0) is 6.42 Å². The molecule has 0 saturated heterocycles. The molecule has 2 heterocycles. The molecule has 1 unspecified atom stereocenters. The van der Waals surface area contributed by atoms with Gasteiger partial charge < -0.3 is 0 Å². The molecule has 1 aromatic heterocycles. The van der Waals surface area contributed by atoms with Crippen molar-refractivity contribution in [2.75, 3.05) is 0 Å². The maximum Gasteiger partial charge on any atom is 0.396 e. The zero-order chi connectivity index (χ0) is 11.6. The number of nitrogens with zero attached hydrogens (tertiary/aromatic N) is 2. The lowest BCUT2D eigenvalue weighted by Gasteiger charge is -2.27. The summed E-state index contributed by atoms with van der Waals surface area (Å²) >= 11 is 0. The van der Waals surface area contributed by atoms with Crippen molar-refractivity contribution >= 4 is 0 Å². The van der Waals surface area contributed by atoms with Crippen molar-refractivity contribution in [2.24, 2.45) is 11.3 Å². The Hall–Kier alpha value is -1.00. The van der Waals surface area contributed by atoms with Gasteiger partial charge in [-0.3, -0.25) is 4.68 Å². The van der Waals surface area contributed by atoms with Gasteiger partial charge in [0.2, 0.25) is 0 Å². The third kappa shape index (κ3) is 1.06. The Labute approximate surface area is 91.4 Å². The number of alkyl halides is 3. The van der Waals surface area contributed by atoms with Crippen molar-refractivity contribution in [3.8, 4) is 0 Å². The average molecular weight is 230 g/mol. The highest BCUT2D eigenvalue weighted by Crippen LogP contribution is 2.69. The van der Waals surface area contributed by atoms with Crippen LogP contribution in [0.2, 0.25) is 0 Å². The van der Waals surface area contributed by atoms with Crippen molar-refractivity contribution in [3.05, 3.63) is 18.0 Å². The maximum atomic E-state index is 13.2.